The van der Waals surface area contributed by atoms with E-state index in [-0.39, 0.29) is 0 Å². The Balaban J connectivity index is 1.07. The normalized spacial score (nSPS) is 11.7. The summed E-state index contributed by atoms with van der Waals surface area (Å²) in [5.41, 5.74) is 16.7. The van der Waals surface area contributed by atoms with Crippen LogP contribution in [0.2, 0.25) is 0 Å². The molecule has 0 radical (unpaired) electrons. The average Bonchev–Trinajstić information content (AvgIpc) is 3.85. The highest BCUT2D eigenvalue weighted by Crippen LogP contribution is 2.43. The van der Waals surface area contributed by atoms with E-state index >= 15 is 0 Å². The molecular formula is C58H38N2. The quantitative estimate of drug-likeness (QED) is 0.160. The highest BCUT2D eigenvalue weighted by molar-refractivity contribution is 6.26. The van der Waals surface area contributed by atoms with Gasteiger partial charge in [0.15, 0.2) is 0 Å². The van der Waals surface area contributed by atoms with Crippen molar-refractivity contribution in [2.75, 3.05) is 0 Å². The monoisotopic (exact) mass is 762 g/mol. The number of rotatable bonds is 6. The zero-order valence-corrected chi connectivity index (χ0v) is 32.8. The average molecular weight is 763 g/mol. The topological polar surface area (TPSA) is 9.86 Å². The number of hydrogen-bond acceptors (Lipinski definition) is 0. The van der Waals surface area contributed by atoms with Gasteiger partial charge in [-0.2, -0.15) is 0 Å². The molecule has 0 aliphatic carbocycles. The van der Waals surface area contributed by atoms with Crippen molar-refractivity contribution >= 4 is 54.4 Å². The maximum absolute atomic E-state index is 2.51. The lowest BCUT2D eigenvalue weighted by atomic mass is 9.93. The van der Waals surface area contributed by atoms with E-state index < -0.39 is 0 Å². The van der Waals surface area contributed by atoms with Crippen LogP contribution in [0.5, 0.6) is 0 Å². The number of hydrogen-bond donors (Lipinski definition) is 0. The maximum Gasteiger partial charge on any atom is 0.0641 e. The van der Waals surface area contributed by atoms with Crippen molar-refractivity contribution in [3.05, 3.63) is 231 Å². The van der Waals surface area contributed by atoms with Crippen LogP contribution in [-0.2, 0) is 0 Å². The van der Waals surface area contributed by atoms with Crippen LogP contribution in [0.4, 0.5) is 0 Å². The minimum Gasteiger partial charge on any atom is -0.309 e. The van der Waals surface area contributed by atoms with Crippen LogP contribution < -0.4 is 0 Å². The number of nitrogens with zero attached hydrogens (tertiary/aromatic N) is 2. The van der Waals surface area contributed by atoms with Gasteiger partial charge in [-0.1, -0.05) is 170 Å². The Morgan fingerprint density at radius 2 is 0.750 bits per heavy atom. The first-order chi connectivity index (χ1) is 29.8. The highest BCUT2D eigenvalue weighted by Gasteiger charge is 2.22. The molecule has 0 N–H and O–H groups in total. The SMILES string of the molecule is c1ccc(-c2cc(-c3ccccc3)cc(-c3ccc(-n4c5ccccc5c5c4ccc4c6ccccc6n(-c6cc(-c7ccccc7)c7ccccc7c6)c45)cc3)c2)cc1. The summed E-state index contributed by atoms with van der Waals surface area (Å²) < 4.78 is 4.96. The predicted molar refractivity (Wildman–Crippen MR) is 254 cm³/mol. The molecule has 0 bridgehead atoms. The van der Waals surface area contributed by atoms with E-state index in [1.54, 1.807) is 0 Å². The molecule has 0 aliphatic rings. The zero-order valence-electron chi connectivity index (χ0n) is 32.8. The second-order valence-corrected chi connectivity index (χ2v) is 15.7. The van der Waals surface area contributed by atoms with Gasteiger partial charge in [-0.25, -0.2) is 0 Å². The summed E-state index contributed by atoms with van der Waals surface area (Å²) in [6.45, 7) is 0. The first-order valence-electron chi connectivity index (χ1n) is 20.7. The van der Waals surface area contributed by atoms with Crippen LogP contribution in [0.3, 0.4) is 0 Å². The van der Waals surface area contributed by atoms with Crippen molar-refractivity contribution in [2.45, 2.75) is 0 Å². The third-order valence-electron chi connectivity index (χ3n) is 12.3. The molecule has 0 aliphatic heterocycles. The molecule has 2 nitrogen and oxygen atoms in total. The molecule has 0 fully saturated rings. The van der Waals surface area contributed by atoms with Crippen molar-refractivity contribution in [1.82, 2.24) is 9.13 Å². The number of para-hydroxylation sites is 2. The van der Waals surface area contributed by atoms with Gasteiger partial charge in [0, 0.05) is 32.9 Å². The van der Waals surface area contributed by atoms with E-state index in [1.807, 2.05) is 0 Å². The van der Waals surface area contributed by atoms with E-state index in [9.17, 15) is 0 Å². The Kier molecular flexibility index (Phi) is 7.89. The van der Waals surface area contributed by atoms with E-state index in [2.05, 4.69) is 240 Å². The fraction of sp³-hybridized carbons (Fsp3) is 0. The van der Waals surface area contributed by atoms with E-state index in [4.69, 9.17) is 0 Å². The number of aromatic nitrogens is 2. The summed E-state index contributed by atoms with van der Waals surface area (Å²) in [6.07, 6.45) is 0. The fourth-order valence-corrected chi connectivity index (χ4v) is 9.53. The largest absolute Gasteiger partial charge is 0.309 e. The summed E-state index contributed by atoms with van der Waals surface area (Å²) in [6, 6.07) is 84.2. The van der Waals surface area contributed by atoms with Gasteiger partial charge in [0.1, 0.15) is 0 Å². The molecule has 2 heterocycles. The Morgan fingerprint density at radius 3 is 1.38 bits per heavy atom. The lowest BCUT2D eigenvalue weighted by molar-refractivity contribution is 1.18. The minimum atomic E-state index is 1.13. The van der Waals surface area contributed by atoms with Gasteiger partial charge in [-0.05, 0) is 116 Å². The molecule has 0 atom stereocenters. The third-order valence-corrected chi connectivity index (χ3v) is 12.3. The molecule has 10 aromatic carbocycles. The van der Waals surface area contributed by atoms with Gasteiger partial charge in [0.05, 0.1) is 22.1 Å². The summed E-state index contributed by atoms with van der Waals surface area (Å²) in [5.74, 6) is 0. The van der Waals surface area contributed by atoms with Gasteiger partial charge >= 0.3 is 0 Å². The highest BCUT2D eigenvalue weighted by atomic mass is 15.0. The van der Waals surface area contributed by atoms with Crippen LogP contribution in [0, 0.1) is 0 Å². The Bertz CT molecular complexity index is 3500. The van der Waals surface area contributed by atoms with Crippen LogP contribution in [0.15, 0.2) is 231 Å². The van der Waals surface area contributed by atoms with Crippen LogP contribution in [-0.4, -0.2) is 9.13 Å². The standard InChI is InChI=1S/C58H38N2/c1-4-16-39(17-5-1)44-34-45(40-18-6-2-7-19-40)36-46(35-44)41-28-30-47(31-29-41)59-55-27-15-13-25-52(55)57-56(59)33-32-51-50-24-12-14-26-54(50)60(58(51)57)48-37-43-22-10-11-23-49(43)53(38-48)42-20-8-3-9-21-42/h1-38H. The Morgan fingerprint density at radius 1 is 0.250 bits per heavy atom. The maximum atomic E-state index is 2.51. The summed E-state index contributed by atoms with van der Waals surface area (Å²) in [7, 11) is 0. The van der Waals surface area contributed by atoms with Crippen LogP contribution >= 0.6 is 0 Å². The van der Waals surface area contributed by atoms with E-state index in [1.165, 1.54) is 98.9 Å². The fourth-order valence-electron chi connectivity index (χ4n) is 9.53. The van der Waals surface area contributed by atoms with Gasteiger partial charge < -0.3 is 9.13 Å². The molecule has 12 aromatic rings. The molecule has 2 heteroatoms. The summed E-state index contributed by atoms with van der Waals surface area (Å²) in [4.78, 5) is 0. The molecular weight excluding hydrogens is 725 g/mol. The van der Waals surface area contributed by atoms with Crippen LogP contribution in [0.1, 0.15) is 0 Å². The number of fused-ring (bicyclic) bond motifs is 8. The van der Waals surface area contributed by atoms with Gasteiger partial charge in [-0.15, -0.1) is 0 Å². The molecule has 0 unspecified atom stereocenters. The van der Waals surface area contributed by atoms with Crippen LogP contribution in [0.25, 0.3) is 110 Å². The van der Waals surface area contributed by atoms with Crippen molar-refractivity contribution in [3.8, 4) is 55.9 Å². The molecule has 0 saturated carbocycles. The predicted octanol–water partition coefficient (Wildman–Crippen LogP) is 15.7. The van der Waals surface area contributed by atoms with Crippen molar-refractivity contribution in [3.63, 3.8) is 0 Å². The van der Waals surface area contributed by atoms with Gasteiger partial charge in [0.2, 0.25) is 0 Å². The van der Waals surface area contributed by atoms with E-state index in [0.29, 0.717) is 0 Å². The van der Waals surface area contributed by atoms with Crippen molar-refractivity contribution < 1.29 is 0 Å². The molecule has 280 valence electrons. The Labute approximate surface area is 348 Å². The number of benzene rings is 10. The molecule has 0 saturated heterocycles. The van der Waals surface area contributed by atoms with Crippen molar-refractivity contribution in [1.29, 1.82) is 0 Å². The minimum absolute atomic E-state index is 1.13. The Hall–Kier alpha value is -7.94. The van der Waals surface area contributed by atoms with E-state index in [0.717, 1.165) is 11.4 Å². The molecule has 12 rings (SSSR count). The second kappa shape index (κ2) is 13.9. The molecule has 60 heavy (non-hydrogen) atoms. The van der Waals surface area contributed by atoms with Gasteiger partial charge in [0.25, 0.3) is 0 Å². The second-order valence-electron chi connectivity index (χ2n) is 15.7. The first-order valence-corrected chi connectivity index (χ1v) is 20.7. The molecule has 2 aromatic heterocycles. The molecule has 0 spiro atoms. The first kappa shape index (κ1) is 34.1. The smallest absolute Gasteiger partial charge is 0.0641 e. The van der Waals surface area contributed by atoms with Crippen molar-refractivity contribution in [2.24, 2.45) is 0 Å². The van der Waals surface area contributed by atoms with Gasteiger partial charge in [-0.3, -0.25) is 0 Å². The molecule has 0 amide bonds. The lowest BCUT2D eigenvalue weighted by Crippen LogP contribution is -1.97. The lowest BCUT2D eigenvalue weighted by Gasteiger charge is -2.15. The summed E-state index contributed by atoms with van der Waals surface area (Å²) in [5, 5.41) is 7.45. The zero-order chi connectivity index (χ0) is 39.6. The summed E-state index contributed by atoms with van der Waals surface area (Å²) >= 11 is 0. The third kappa shape index (κ3) is 5.50.